The number of aromatic nitrogens is 1. The average Bonchev–Trinajstić information content (AvgIpc) is 2.94. The molecule has 1 atom stereocenters. The molecule has 0 unspecified atom stereocenters. The molecule has 23 heavy (non-hydrogen) atoms. The lowest BCUT2D eigenvalue weighted by atomic mass is 10.1. The highest BCUT2D eigenvalue weighted by Crippen LogP contribution is 2.13. The Bertz CT molecular complexity index is 562. The highest BCUT2D eigenvalue weighted by atomic mass is 16.3. The van der Waals surface area contributed by atoms with Gasteiger partial charge in [-0.2, -0.15) is 0 Å². The topological polar surface area (TPSA) is 28.4 Å². The van der Waals surface area contributed by atoms with E-state index in [1.165, 1.54) is 11.3 Å². The molecule has 3 nitrogen and oxygen atoms in total. The summed E-state index contributed by atoms with van der Waals surface area (Å²) in [7, 11) is 0. The molecule has 0 radical (unpaired) electrons. The van der Waals surface area contributed by atoms with Crippen LogP contribution in [0.15, 0.2) is 48.7 Å². The van der Waals surface area contributed by atoms with E-state index >= 15 is 0 Å². The van der Waals surface area contributed by atoms with Crippen molar-refractivity contribution >= 4 is 0 Å². The van der Waals surface area contributed by atoms with Crippen LogP contribution in [0, 0.1) is 5.92 Å². The van der Waals surface area contributed by atoms with Gasteiger partial charge in [0, 0.05) is 38.1 Å². The number of benzene rings is 1. The van der Waals surface area contributed by atoms with Gasteiger partial charge in [0.25, 0.3) is 0 Å². The molecule has 1 aromatic heterocycles. The molecule has 0 saturated carbocycles. The molecule has 1 heterocycles. The van der Waals surface area contributed by atoms with Crippen molar-refractivity contribution in [3.05, 3.63) is 59.9 Å². The Morgan fingerprint density at radius 1 is 1.04 bits per heavy atom. The lowest BCUT2D eigenvalue weighted by Gasteiger charge is -2.27. The standard InChI is InChI=1S/C20H30N2O/c1-4-20(23)16-21(13-17(2)3)15-19-11-8-12-22(19)14-18-9-6-5-7-10-18/h5-12,17,20,23H,4,13-16H2,1-3H3/t20-/m0/s1. The Balaban J connectivity index is 2.06. The molecular weight excluding hydrogens is 284 g/mol. The van der Waals surface area contributed by atoms with E-state index in [4.69, 9.17) is 0 Å². The van der Waals surface area contributed by atoms with Crippen LogP contribution >= 0.6 is 0 Å². The van der Waals surface area contributed by atoms with E-state index in [0.717, 1.165) is 32.6 Å². The van der Waals surface area contributed by atoms with Crippen LogP contribution in [0.3, 0.4) is 0 Å². The van der Waals surface area contributed by atoms with E-state index in [1.807, 2.05) is 6.92 Å². The van der Waals surface area contributed by atoms with Gasteiger partial charge in [-0.05, 0) is 30.0 Å². The van der Waals surface area contributed by atoms with E-state index < -0.39 is 0 Å². The second-order valence-corrected chi connectivity index (χ2v) is 6.76. The molecule has 3 heteroatoms. The zero-order valence-electron chi connectivity index (χ0n) is 14.7. The number of aliphatic hydroxyl groups excluding tert-OH is 1. The van der Waals surface area contributed by atoms with Crippen molar-refractivity contribution in [2.24, 2.45) is 5.92 Å². The molecule has 2 aromatic rings. The van der Waals surface area contributed by atoms with Crippen LogP contribution in [0.25, 0.3) is 0 Å². The summed E-state index contributed by atoms with van der Waals surface area (Å²) in [5.74, 6) is 0.594. The minimum Gasteiger partial charge on any atom is -0.392 e. The van der Waals surface area contributed by atoms with E-state index in [-0.39, 0.29) is 6.10 Å². The summed E-state index contributed by atoms with van der Waals surface area (Å²) in [4.78, 5) is 2.37. The fourth-order valence-corrected chi connectivity index (χ4v) is 2.90. The molecular formula is C20H30N2O. The Hall–Kier alpha value is -1.58. The maximum Gasteiger partial charge on any atom is 0.0664 e. The van der Waals surface area contributed by atoms with Gasteiger partial charge in [-0.1, -0.05) is 51.1 Å². The van der Waals surface area contributed by atoms with E-state index in [1.54, 1.807) is 0 Å². The summed E-state index contributed by atoms with van der Waals surface area (Å²) in [5.41, 5.74) is 2.62. The smallest absolute Gasteiger partial charge is 0.0664 e. The fraction of sp³-hybridized carbons (Fsp3) is 0.500. The van der Waals surface area contributed by atoms with Crippen LogP contribution in [0.1, 0.15) is 38.4 Å². The predicted molar refractivity (Wildman–Crippen MR) is 96.4 cm³/mol. The van der Waals surface area contributed by atoms with Crippen LogP contribution in [0.4, 0.5) is 0 Å². The summed E-state index contributed by atoms with van der Waals surface area (Å²) in [6, 6.07) is 14.8. The van der Waals surface area contributed by atoms with Crippen LogP contribution in [-0.2, 0) is 13.1 Å². The Morgan fingerprint density at radius 3 is 2.43 bits per heavy atom. The number of aliphatic hydroxyl groups is 1. The van der Waals surface area contributed by atoms with Gasteiger partial charge in [0.15, 0.2) is 0 Å². The zero-order valence-corrected chi connectivity index (χ0v) is 14.7. The summed E-state index contributed by atoms with van der Waals surface area (Å²) in [6.45, 7) is 10.0. The molecule has 0 aliphatic carbocycles. The third-order valence-electron chi connectivity index (χ3n) is 4.07. The summed E-state index contributed by atoms with van der Waals surface area (Å²) < 4.78 is 2.31. The zero-order chi connectivity index (χ0) is 16.7. The van der Waals surface area contributed by atoms with Gasteiger partial charge in [-0.25, -0.2) is 0 Å². The van der Waals surface area contributed by atoms with E-state index in [9.17, 15) is 5.11 Å². The minimum absolute atomic E-state index is 0.244. The van der Waals surface area contributed by atoms with Gasteiger partial charge in [-0.3, -0.25) is 4.90 Å². The predicted octanol–water partition coefficient (Wildman–Crippen LogP) is 3.77. The largest absolute Gasteiger partial charge is 0.392 e. The monoisotopic (exact) mass is 314 g/mol. The summed E-state index contributed by atoms with van der Waals surface area (Å²) >= 11 is 0. The number of nitrogens with zero attached hydrogens (tertiary/aromatic N) is 2. The maximum absolute atomic E-state index is 10.0. The molecule has 1 aromatic carbocycles. The van der Waals surface area contributed by atoms with Gasteiger partial charge in [0.2, 0.25) is 0 Å². The molecule has 2 rings (SSSR count). The van der Waals surface area contributed by atoms with Crippen LogP contribution in [-0.4, -0.2) is 33.8 Å². The molecule has 0 fully saturated rings. The lowest BCUT2D eigenvalue weighted by Crippen LogP contribution is -2.35. The molecule has 0 amide bonds. The van der Waals surface area contributed by atoms with Crippen molar-refractivity contribution in [1.29, 1.82) is 0 Å². The highest BCUT2D eigenvalue weighted by Gasteiger charge is 2.14. The van der Waals surface area contributed by atoms with Crippen molar-refractivity contribution in [1.82, 2.24) is 9.47 Å². The molecule has 126 valence electrons. The summed E-state index contributed by atoms with van der Waals surface area (Å²) in [5, 5.41) is 10.0. The molecule has 0 aliphatic rings. The minimum atomic E-state index is -0.244. The van der Waals surface area contributed by atoms with E-state index in [2.05, 4.69) is 72.0 Å². The summed E-state index contributed by atoms with van der Waals surface area (Å²) in [6.07, 6.45) is 2.71. The quantitative estimate of drug-likeness (QED) is 0.763. The SMILES string of the molecule is CC[C@H](O)CN(Cc1cccn1Cc1ccccc1)CC(C)C. The molecule has 0 saturated heterocycles. The van der Waals surface area contributed by atoms with Gasteiger partial charge in [0.1, 0.15) is 0 Å². The third kappa shape index (κ3) is 5.85. The third-order valence-corrected chi connectivity index (χ3v) is 4.07. The van der Waals surface area contributed by atoms with E-state index in [0.29, 0.717) is 5.92 Å². The van der Waals surface area contributed by atoms with Crippen molar-refractivity contribution < 1.29 is 5.11 Å². The van der Waals surface area contributed by atoms with Crippen LogP contribution in [0.2, 0.25) is 0 Å². The molecule has 0 spiro atoms. The first-order chi connectivity index (χ1) is 11.1. The Labute approximate surface area is 140 Å². The van der Waals surface area contributed by atoms with Crippen LogP contribution < -0.4 is 0 Å². The van der Waals surface area contributed by atoms with Crippen molar-refractivity contribution in [3.63, 3.8) is 0 Å². The Kier molecular flexibility index (Phi) is 6.87. The molecule has 0 bridgehead atoms. The number of rotatable bonds is 9. The average molecular weight is 314 g/mol. The van der Waals surface area contributed by atoms with Gasteiger partial charge >= 0.3 is 0 Å². The lowest BCUT2D eigenvalue weighted by molar-refractivity contribution is 0.0973. The second-order valence-electron chi connectivity index (χ2n) is 6.76. The first-order valence-electron chi connectivity index (χ1n) is 8.66. The fourth-order valence-electron chi connectivity index (χ4n) is 2.90. The maximum atomic E-state index is 10.0. The van der Waals surface area contributed by atoms with Crippen molar-refractivity contribution in [3.8, 4) is 0 Å². The first-order valence-corrected chi connectivity index (χ1v) is 8.66. The van der Waals surface area contributed by atoms with Crippen molar-refractivity contribution in [2.45, 2.75) is 46.4 Å². The van der Waals surface area contributed by atoms with Gasteiger partial charge < -0.3 is 9.67 Å². The normalized spacial score (nSPS) is 13.0. The number of hydrogen-bond acceptors (Lipinski definition) is 2. The van der Waals surface area contributed by atoms with Gasteiger partial charge in [0.05, 0.1) is 6.10 Å². The van der Waals surface area contributed by atoms with Gasteiger partial charge in [-0.15, -0.1) is 0 Å². The van der Waals surface area contributed by atoms with Crippen LogP contribution in [0.5, 0.6) is 0 Å². The molecule has 1 N–H and O–H groups in total. The van der Waals surface area contributed by atoms with Crippen molar-refractivity contribution in [2.75, 3.05) is 13.1 Å². The highest BCUT2D eigenvalue weighted by molar-refractivity contribution is 5.17. The number of hydrogen-bond donors (Lipinski definition) is 1. The molecule has 0 aliphatic heterocycles. The first kappa shape index (κ1) is 17.8. The Morgan fingerprint density at radius 2 is 1.78 bits per heavy atom. The second kappa shape index (κ2) is 8.90.